The van der Waals surface area contributed by atoms with Gasteiger partial charge in [0.2, 0.25) is 0 Å². The van der Waals surface area contributed by atoms with Gasteiger partial charge in [0.25, 0.3) is 0 Å². The molecular weight excluding hydrogens is 148 g/mol. The maximum absolute atomic E-state index is 5.53. The SMILES string of the molecule is NC1=CSC(N)C(N)=C1N. The molecule has 0 fully saturated rings. The lowest BCUT2D eigenvalue weighted by atomic mass is 10.3. The molecule has 0 amide bonds. The first-order chi connectivity index (χ1) is 4.63. The van der Waals surface area contributed by atoms with Crippen molar-refractivity contribution in [3.8, 4) is 0 Å². The van der Waals surface area contributed by atoms with Gasteiger partial charge < -0.3 is 22.9 Å². The fourth-order valence-electron chi connectivity index (χ4n) is 0.603. The molecule has 1 rings (SSSR count). The van der Waals surface area contributed by atoms with Gasteiger partial charge >= 0.3 is 0 Å². The Morgan fingerprint density at radius 2 is 1.90 bits per heavy atom. The molecule has 1 aliphatic heterocycles. The van der Waals surface area contributed by atoms with Crippen LogP contribution in [-0.4, -0.2) is 5.37 Å². The minimum absolute atomic E-state index is 0.243. The summed E-state index contributed by atoms with van der Waals surface area (Å²) >= 11 is 1.37. The second-order valence-electron chi connectivity index (χ2n) is 2.00. The predicted octanol–water partition coefficient (Wildman–Crippen LogP) is -1.05. The number of rotatable bonds is 0. The van der Waals surface area contributed by atoms with Gasteiger partial charge in [-0.2, -0.15) is 0 Å². The first kappa shape index (κ1) is 7.30. The van der Waals surface area contributed by atoms with E-state index in [1.165, 1.54) is 11.8 Å². The van der Waals surface area contributed by atoms with Crippen molar-refractivity contribution in [1.82, 2.24) is 0 Å². The number of thioether (sulfide) groups is 1. The lowest BCUT2D eigenvalue weighted by Gasteiger charge is -2.17. The Morgan fingerprint density at radius 3 is 2.40 bits per heavy atom. The maximum Gasteiger partial charge on any atom is 0.0972 e. The third-order valence-electron chi connectivity index (χ3n) is 1.27. The maximum atomic E-state index is 5.53. The highest BCUT2D eigenvalue weighted by atomic mass is 32.2. The van der Waals surface area contributed by atoms with E-state index in [2.05, 4.69) is 0 Å². The second kappa shape index (κ2) is 2.43. The summed E-state index contributed by atoms with van der Waals surface area (Å²) in [6.45, 7) is 0. The van der Waals surface area contributed by atoms with Crippen LogP contribution in [0.25, 0.3) is 0 Å². The zero-order chi connectivity index (χ0) is 7.72. The summed E-state index contributed by atoms with van der Waals surface area (Å²) in [5.41, 5.74) is 23.3. The minimum Gasteiger partial charge on any atom is -0.398 e. The molecule has 0 aromatic rings. The largest absolute Gasteiger partial charge is 0.398 e. The van der Waals surface area contributed by atoms with E-state index in [0.717, 1.165) is 0 Å². The molecular formula is C5H10N4S. The monoisotopic (exact) mass is 158 g/mol. The fourth-order valence-corrected chi connectivity index (χ4v) is 1.30. The third-order valence-corrected chi connectivity index (χ3v) is 2.21. The average Bonchev–Trinajstić information content (AvgIpc) is 1.93. The van der Waals surface area contributed by atoms with E-state index in [-0.39, 0.29) is 5.37 Å². The number of hydrogen-bond donors (Lipinski definition) is 4. The molecule has 0 saturated heterocycles. The minimum atomic E-state index is -0.243. The molecule has 10 heavy (non-hydrogen) atoms. The van der Waals surface area contributed by atoms with Crippen molar-refractivity contribution in [3.05, 3.63) is 22.5 Å². The summed E-state index contributed by atoms with van der Waals surface area (Å²) < 4.78 is 0. The van der Waals surface area contributed by atoms with E-state index in [1.54, 1.807) is 5.41 Å². The highest BCUT2D eigenvalue weighted by molar-refractivity contribution is 8.02. The standard InChI is InChI=1S/C5H10N4S/c6-2-1-10-5(9)4(8)3(2)7/h1,5H,6-9H2. The van der Waals surface area contributed by atoms with Gasteiger partial charge in [0.15, 0.2) is 0 Å². The Morgan fingerprint density at radius 1 is 1.30 bits per heavy atom. The van der Waals surface area contributed by atoms with Crippen molar-refractivity contribution in [3.63, 3.8) is 0 Å². The van der Waals surface area contributed by atoms with Gasteiger partial charge in [-0.1, -0.05) is 0 Å². The van der Waals surface area contributed by atoms with Crippen LogP contribution in [0.1, 0.15) is 0 Å². The predicted molar refractivity (Wildman–Crippen MR) is 43.2 cm³/mol. The Bertz CT molecular complexity index is 208. The van der Waals surface area contributed by atoms with Crippen molar-refractivity contribution in [1.29, 1.82) is 0 Å². The van der Waals surface area contributed by atoms with Gasteiger partial charge in [0.1, 0.15) is 0 Å². The Balaban J connectivity index is 2.94. The smallest absolute Gasteiger partial charge is 0.0972 e. The Labute approximate surface area is 63.3 Å². The van der Waals surface area contributed by atoms with Gasteiger partial charge in [-0.15, -0.1) is 11.8 Å². The molecule has 1 atom stereocenters. The molecule has 5 heteroatoms. The van der Waals surface area contributed by atoms with Crippen LogP contribution in [0.5, 0.6) is 0 Å². The summed E-state index contributed by atoms with van der Waals surface area (Å²) in [6.07, 6.45) is 0. The van der Waals surface area contributed by atoms with Crippen LogP contribution >= 0.6 is 11.8 Å². The Kier molecular flexibility index (Phi) is 1.78. The molecule has 8 N–H and O–H groups in total. The van der Waals surface area contributed by atoms with E-state index >= 15 is 0 Å². The van der Waals surface area contributed by atoms with E-state index < -0.39 is 0 Å². The molecule has 1 unspecified atom stereocenters. The number of nitrogens with two attached hydrogens (primary N) is 4. The van der Waals surface area contributed by atoms with Crippen LogP contribution in [0.4, 0.5) is 0 Å². The molecule has 0 bridgehead atoms. The van der Waals surface area contributed by atoms with Gasteiger partial charge in [0, 0.05) is 0 Å². The molecule has 4 nitrogen and oxygen atoms in total. The van der Waals surface area contributed by atoms with E-state index in [4.69, 9.17) is 22.9 Å². The average molecular weight is 158 g/mol. The first-order valence-corrected chi connectivity index (χ1v) is 3.69. The van der Waals surface area contributed by atoms with Crippen LogP contribution in [0.3, 0.4) is 0 Å². The van der Waals surface area contributed by atoms with Crippen LogP contribution in [0, 0.1) is 0 Å². The third kappa shape index (κ3) is 1.05. The number of hydrogen-bond acceptors (Lipinski definition) is 5. The summed E-state index contributed by atoms with van der Waals surface area (Å²) in [5, 5.41) is 1.46. The highest BCUT2D eigenvalue weighted by Crippen LogP contribution is 2.22. The normalized spacial score (nSPS) is 26.5. The highest BCUT2D eigenvalue weighted by Gasteiger charge is 2.15. The van der Waals surface area contributed by atoms with Gasteiger partial charge in [-0.25, -0.2) is 0 Å². The molecule has 0 aromatic heterocycles. The van der Waals surface area contributed by atoms with Crippen LogP contribution in [0.2, 0.25) is 0 Å². The summed E-state index contributed by atoms with van der Waals surface area (Å²) in [5.74, 6) is 0. The Hall–Kier alpha value is -0.810. The lowest BCUT2D eigenvalue weighted by Crippen LogP contribution is -2.31. The van der Waals surface area contributed by atoms with Crippen LogP contribution < -0.4 is 22.9 Å². The summed E-state index contributed by atoms with van der Waals surface area (Å²) in [7, 11) is 0. The quantitative estimate of drug-likeness (QED) is 0.360. The molecule has 0 saturated carbocycles. The molecule has 1 heterocycles. The van der Waals surface area contributed by atoms with Crippen LogP contribution in [0.15, 0.2) is 22.5 Å². The summed E-state index contributed by atoms with van der Waals surface area (Å²) in [6, 6.07) is 0. The van der Waals surface area contributed by atoms with Crippen molar-refractivity contribution in [2.75, 3.05) is 0 Å². The second-order valence-corrected chi connectivity index (χ2v) is 3.01. The molecule has 0 radical (unpaired) electrons. The van der Waals surface area contributed by atoms with Crippen molar-refractivity contribution < 1.29 is 0 Å². The molecule has 0 aromatic carbocycles. The molecule has 1 aliphatic rings. The van der Waals surface area contributed by atoms with Gasteiger partial charge in [-0.05, 0) is 5.41 Å². The van der Waals surface area contributed by atoms with Gasteiger partial charge in [-0.3, -0.25) is 0 Å². The van der Waals surface area contributed by atoms with E-state index in [9.17, 15) is 0 Å². The van der Waals surface area contributed by atoms with E-state index in [1.807, 2.05) is 0 Å². The van der Waals surface area contributed by atoms with Crippen molar-refractivity contribution in [2.24, 2.45) is 22.9 Å². The zero-order valence-electron chi connectivity index (χ0n) is 5.37. The van der Waals surface area contributed by atoms with E-state index in [0.29, 0.717) is 17.1 Å². The lowest BCUT2D eigenvalue weighted by molar-refractivity contribution is 0.984. The molecule has 0 spiro atoms. The zero-order valence-corrected chi connectivity index (χ0v) is 6.19. The van der Waals surface area contributed by atoms with Gasteiger partial charge in [0.05, 0.1) is 22.5 Å². The van der Waals surface area contributed by atoms with Crippen molar-refractivity contribution >= 4 is 11.8 Å². The van der Waals surface area contributed by atoms with Crippen LogP contribution in [-0.2, 0) is 0 Å². The molecule has 0 aliphatic carbocycles. The fraction of sp³-hybridized carbons (Fsp3) is 0.200. The van der Waals surface area contributed by atoms with Crippen molar-refractivity contribution in [2.45, 2.75) is 5.37 Å². The topological polar surface area (TPSA) is 104 Å². The molecule has 56 valence electrons. The summed E-state index contributed by atoms with van der Waals surface area (Å²) in [4.78, 5) is 0. The first-order valence-electron chi connectivity index (χ1n) is 2.75.